The number of rotatable bonds is 6. The van der Waals surface area contributed by atoms with Gasteiger partial charge in [0.05, 0.1) is 42.0 Å². The van der Waals surface area contributed by atoms with Crippen LogP contribution in [-0.4, -0.2) is 66.1 Å². The van der Waals surface area contributed by atoms with Crippen molar-refractivity contribution >= 4 is 46.2 Å². The van der Waals surface area contributed by atoms with Crippen molar-refractivity contribution in [2.75, 3.05) is 31.2 Å². The summed E-state index contributed by atoms with van der Waals surface area (Å²) in [7, 11) is 0. The number of nitrogens with zero attached hydrogens (tertiary/aromatic N) is 8. The second kappa shape index (κ2) is 10.3. The second-order valence-electron chi connectivity index (χ2n) is 8.94. The number of morpholine rings is 1. The van der Waals surface area contributed by atoms with Crippen molar-refractivity contribution in [1.82, 2.24) is 39.7 Å². The largest absolute Gasteiger partial charge is 0.378 e. The van der Waals surface area contributed by atoms with Gasteiger partial charge in [-0.3, -0.25) is 0 Å². The smallest absolute Gasteiger partial charge is 0.194 e. The van der Waals surface area contributed by atoms with Gasteiger partial charge in [-0.1, -0.05) is 24.3 Å². The highest BCUT2D eigenvalue weighted by atomic mass is 32.2. The van der Waals surface area contributed by atoms with E-state index in [1.165, 1.54) is 11.8 Å². The highest BCUT2D eigenvalue weighted by Crippen LogP contribution is 2.32. The molecule has 6 aromatic rings. The zero-order chi connectivity index (χ0) is 26.0. The Morgan fingerprint density at radius 2 is 1.87 bits per heavy atom. The Bertz CT molecular complexity index is 1780. The molecule has 5 aromatic heterocycles. The third-order valence-electron chi connectivity index (χ3n) is 6.51. The highest BCUT2D eigenvalue weighted by Gasteiger charge is 2.21. The number of H-pyrrole nitrogens is 1. The number of imidazole rings is 1. The minimum absolute atomic E-state index is 0.688. The number of ether oxygens (including phenoxy) is 1. The quantitative estimate of drug-likeness (QED) is 0.328. The number of para-hydroxylation sites is 1. The van der Waals surface area contributed by atoms with E-state index in [0.717, 1.165) is 63.0 Å². The Morgan fingerprint density at radius 3 is 2.72 bits per heavy atom. The van der Waals surface area contributed by atoms with Crippen LogP contribution in [0, 0.1) is 0 Å². The van der Waals surface area contributed by atoms with Crippen molar-refractivity contribution in [3.63, 3.8) is 0 Å². The zero-order valence-electron chi connectivity index (χ0n) is 20.8. The molecule has 39 heavy (non-hydrogen) atoms. The molecule has 0 bridgehead atoms. The van der Waals surface area contributed by atoms with E-state index < -0.39 is 0 Å². The summed E-state index contributed by atoms with van der Waals surface area (Å²) < 4.78 is 7.48. The molecule has 7 rings (SSSR count). The standard InChI is InChI=1S/C28H23N9OS/c1-2-4-22-19(3-1)5-7-21(33-22)8-9-23-26(20-6-10-25(29-17-20)39-28-30-18-31-35-28)37-27(34-23)24(11-12-32-37)36-13-15-38-16-14-36/h1-12,17-18H,13-16H2,(H,30,31,35). The van der Waals surface area contributed by atoms with E-state index in [0.29, 0.717) is 18.4 Å². The van der Waals surface area contributed by atoms with E-state index in [-0.39, 0.29) is 0 Å². The van der Waals surface area contributed by atoms with Crippen molar-refractivity contribution in [1.29, 1.82) is 0 Å². The predicted octanol–water partition coefficient (Wildman–Crippen LogP) is 4.62. The van der Waals surface area contributed by atoms with Gasteiger partial charge in [-0.05, 0) is 54.2 Å². The third kappa shape index (κ3) is 4.73. The summed E-state index contributed by atoms with van der Waals surface area (Å²) in [6, 6.07) is 18.2. The lowest BCUT2D eigenvalue weighted by molar-refractivity contribution is 0.123. The minimum Gasteiger partial charge on any atom is -0.378 e. The summed E-state index contributed by atoms with van der Waals surface area (Å²) in [6.07, 6.45) is 9.21. The number of hydrogen-bond donors (Lipinski definition) is 1. The molecule has 11 heteroatoms. The first-order valence-electron chi connectivity index (χ1n) is 12.6. The molecule has 1 aliphatic rings. The van der Waals surface area contributed by atoms with E-state index in [2.05, 4.69) is 37.2 Å². The van der Waals surface area contributed by atoms with Crippen LogP contribution in [0.15, 0.2) is 83.5 Å². The van der Waals surface area contributed by atoms with Gasteiger partial charge in [0.25, 0.3) is 0 Å². The van der Waals surface area contributed by atoms with Crippen molar-refractivity contribution in [2.24, 2.45) is 0 Å². The third-order valence-corrected chi connectivity index (χ3v) is 7.36. The van der Waals surface area contributed by atoms with Crippen LogP contribution in [0.3, 0.4) is 0 Å². The van der Waals surface area contributed by atoms with Gasteiger partial charge < -0.3 is 14.6 Å². The molecule has 6 heterocycles. The van der Waals surface area contributed by atoms with Gasteiger partial charge in [0.15, 0.2) is 10.8 Å². The Hall–Kier alpha value is -4.61. The number of anilines is 1. The average Bonchev–Trinajstić information content (AvgIpc) is 3.64. The summed E-state index contributed by atoms with van der Waals surface area (Å²) >= 11 is 1.42. The maximum atomic E-state index is 5.57. The average molecular weight is 534 g/mol. The van der Waals surface area contributed by atoms with Crippen molar-refractivity contribution in [3.8, 4) is 11.3 Å². The van der Waals surface area contributed by atoms with Gasteiger partial charge in [0, 0.05) is 30.2 Å². The van der Waals surface area contributed by atoms with Crippen LogP contribution >= 0.6 is 11.8 Å². The van der Waals surface area contributed by atoms with Gasteiger partial charge in [-0.2, -0.15) is 5.10 Å². The summed E-state index contributed by atoms with van der Waals surface area (Å²) in [5, 5.41) is 15.2. The topological polar surface area (TPSA) is 110 Å². The van der Waals surface area contributed by atoms with Gasteiger partial charge in [0.1, 0.15) is 17.0 Å². The van der Waals surface area contributed by atoms with Crippen LogP contribution in [0.2, 0.25) is 0 Å². The normalized spacial score (nSPS) is 14.1. The van der Waals surface area contributed by atoms with E-state index in [1.54, 1.807) is 6.33 Å². The van der Waals surface area contributed by atoms with E-state index in [4.69, 9.17) is 19.8 Å². The Balaban J connectivity index is 1.31. The van der Waals surface area contributed by atoms with Crippen LogP contribution in [0.5, 0.6) is 0 Å². The van der Waals surface area contributed by atoms with Crippen LogP contribution in [0.25, 0.3) is 40.0 Å². The summed E-state index contributed by atoms with van der Waals surface area (Å²) in [6.45, 7) is 3.00. The van der Waals surface area contributed by atoms with Gasteiger partial charge in [-0.15, -0.1) is 10.2 Å². The van der Waals surface area contributed by atoms with E-state index in [9.17, 15) is 0 Å². The second-order valence-corrected chi connectivity index (χ2v) is 9.95. The van der Waals surface area contributed by atoms with Gasteiger partial charge >= 0.3 is 0 Å². The summed E-state index contributed by atoms with van der Waals surface area (Å²) in [4.78, 5) is 19.8. The lowest BCUT2D eigenvalue weighted by atomic mass is 10.1. The number of hydrogen-bond acceptors (Lipinski definition) is 9. The molecule has 0 aliphatic carbocycles. The van der Waals surface area contributed by atoms with Gasteiger partial charge in [0.2, 0.25) is 0 Å². The fourth-order valence-corrected chi connectivity index (χ4v) is 5.29. The maximum Gasteiger partial charge on any atom is 0.194 e. The molecular weight excluding hydrogens is 510 g/mol. The first kappa shape index (κ1) is 23.5. The van der Waals surface area contributed by atoms with E-state index >= 15 is 0 Å². The molecule has 192 valence electrons. The fraction of sp³-hybridized carbons (Fsp3) is 0.143. The SMILES string of the molecule is C(=Cc1nc2c(N3CCOCC3)ccnn2c1-c1ccc(Sc2nnc[nH]2)nc1)c1ccc2ccccc2n1. The molecule has 1 N–H and O–H groups in total. The molecule has 1 aliphatic heterocycles. The Morgan fingerprint density at radius 1 is 0.949 bits per heavy atom. The van der Waals surface area contributed by atoms with Crippen molar-refractivity contribution in [2.45, 2.75) is 10.2 Å². The maximum absolute atomic E-state index is 5.57. The molecular formula is C28H23N9OS. The summed E-state index contributed by atoms with van der Waals surface area (Å²) in [5.41, 5.74) is 6.19. The number of nitrogens with one attached hydrogen (secondary N) is 1. The monoisotopic (exact) mass is 533 g/mol. The van der Waals surface area contributed by atoms with Crippen LogP contribution < -0.4 is 4.90 Å². The van der Waals surface area contributed by atoms with Crippen LogP contribution in [0.1, 0.15) is 11.4 Å². The first-order valence-corrected chi connectivity index (χ1v) is 13.4. The molecule has 0 spiro atoms. The predicted molar refractivity (Wildman–Crippen MR) is 150 cm³/mol. The molecule has 1 aromatic carbocycles. The lowest BCUT2D eigenvalue weighted by Gasteiger charge is -2.28. The molecule has 0 atom stereocenters. The molecule has 1 fully saturated rings. The number of aromatic amines is 1. The lowest BCUT2D eigenvalue weighted by Crippen LogP contribution is -2.36. The molecule has 0 saturated carbocycles. The molecule has 0 radical (unpaired) electrons. The number of benzene rings is 1. The fourth-order valence-electron chi connectivity index (χ4n) is 4.65. The van der Waals surface area contributed by atoms with Gasteiger partial charge in [-0.25, -0.2) is 19.5 Å². The highest BCUT2D eigenvalue weighted by molar-refractivity contribution is 7.99. The molecule has 10 nitrogen and oxygen atoms in total. The van der Waals surface area contributed by atoms with Crippen molar-refractivity contribution < 1.29 is 4.74 Å². The number of pyridine rings is 2. The molecule has 1 saturated heterocycles. The first-order chi connectivity index (χ1) is 19.3. The van der Waals surface area contributed by atoms with Crippen LogP contribution in [0.4, 0.5) is 5.69 Å². The minimum atomic E-state index is 0.688. The number of fused-ring (bicyclic) bond motifs is 2. The van der Waals surface area contributed by atoms with Crippen LogP contribution in [-0.2, 0) is 4.74 Å². The summed E-state index contributed by atoms with van der Waals surface area (Å²) in [5.74, 6) is 0. The van der Waals surface area contributed by atoms with Crippen molar-refractivity contribution in [3.05, 3.63) is 84.7 Å². The zero-order valence-corrected chi connectivity index (χ0v) is 21.6. The van der Waals surface area contributed by atoms with E-state index in [1.807, 2.05) is 71.5 Å². The Kier molecular flexibility index (Phi) is 6.19. The molecule has 0 amide bonds. The molecule has 0 unspecified atom stereocenters. The Labute approximate surface area is 227 Å². The number of aromatic nitrogens is 8.